The van der Waals surface area contributed by atoms with Gasteiger partial charge in [-0.1, -0.05) is 6.92 Å². The van der Waals surface area contributed by atoms with E-state index in [1.54, 1.807) is 6.20 Å². The number of nitrogens with zero attached hydrogens (tertiary/aromatic N) is 1. The third-order valence-corrected chi connectivity index (χ3v) is 3.50. The van der Waals surface area contributed by atoms with E-state index in [2.05, 4.69) is 27.8 Å². The van der Waals surface area contributed by atoms with Crippen molar-refractivity contribution in [3.8, 4) is 0 Å². The molecule has 1 amide bonds. The van der Waals surface area contributed by atoms with Gasteiger partial charge in [-0.2, -0.15) is 5.10 Å². The molecule has 0 aliphatic carbocycles. The van der Waals surface area contributed by atoms with Gasteiger partial charge in [0.15, 0.2) is 0 Å². The first-order chi connectivity index (χ1) is 8.18. The molecule has 0 bridgehead atoms. The van der Waals surface area contributed by atoms with Crippen LogP contribution in [0.25, 0.3) is 0 Å². The summed E-state index contributed by atoms with van der Waals surface area (Å²) in [5.41, 5.74) is 1.01. The van der Waals surface area contributed by atoms with Crippen LogP contribution in [0.5, 0.6) is 0 Å². The van der Waals surface area contributed by atoms with Crippen LogP contribution in [0.4, 0.5) is 0 Å². The highest BCUT2D eigenvalue weighted by Gasteiger charge is 2.28. The van der Waals surface area contributed by atoms with Crippen LogP contribution >= 0.6 is 0 Å². The lowest BCUT2D eigenvalue weighted by Gasteiger charge is -2.29. The highest BCUT2D eigenvalue weighted by molar-refractivity contribution is 5.79. The molecule has 1 aliphatic rings. The Balaban J connectivity index is 1.92. The van der Waals surface area contributed by atoms with E-state index in [0.29, 0.717) is 5.92 Å². The minimum atomic E-state index is 0.0170. The van der Waals surface area contributed by atoms with Crippen molar-refractivity contribution in [1.82, 2.24) is 20.8 Å². The van der Waals surface area contributed by atoms with Gasteiger partial charge in [0.25, 0.3) is 0 Å². The Morgan fingerprint density at radius 1 is 1.65 bits per heavy atom. The Morgan fingerprint density at radius 2 is 2.47 bits per heavy atom. The summed E-state index contributed by atoms with van der Waals surface area (Å²) in [5.74, 6) is 0.693. The van der Waals surface area contributed by atoms with E-state index >= 15 is 0 Å². The molecule has 1 aliphatic heterocycles. The third-order valence-electron chi connectivity index (χ3n) is 3.50. The molecule has 1 aromatic heterocycles. The molecular formula is C12H20N4O. The second kappa shape index (κ2) is 5.31. The second-order valence-corrected chi connectivity index (χ2v) is 4.84. The van der Waals surface area contributed by atoms with Crippen molar-refractivity contribution in [2.45, 2.75) is 26.3 Å². The zero-order valence-electron chi connectivity index (χ0n) is 10.4. The van der Waals surface area contributed by atoms with Gasteiger partial charge in [0.2, 0.25) is 5.91 Å². The van der Waals surface area contributed by atoms with E-state index in [1.165, 1.54) is 0 Å². The lowest BCUT2D eigenvalue weighted by atomic mass is 9.87. The van der Waals surface area contributed by atoms with Crippen molar-refractivity contribution < 1.29 is 4.79 Å². The minimum absolute atomic E-state index is 0.0170. The van der Waals surface area contributed by atoms with Crippen LogP contribution in [0, 0.1) is 11.8 Å². The highest BCUT2D eigenvalue weighted by Crippen LogP contribution is 2.20. The Kier molecular flexibility index (Phi) is 3.78. The van der Waals surface area contributed by atoms with Gasteiger partial charge >= 0.3 is 0 Å². The normalized spacial score (nSPS) is 26.5. The second-order valence-electron chi connectivity index (χ2n) is 4.84. The molecule has 0 spiro atoms. The molecule has 5 heteroatoms. The number of hydrogen-bond acceptors (Lipinski definition) is 3. The number of rotatable bonds is 3. The fraction of sp³-hybridized carbons (Fsp3) is 0.667. The first-order valence-corrected chi connectivity index (χ1v) is 6.18. The summed E-state index contributed by atoms with van der Waals surface area (Å²) in [7, 11) is 0. The summed E-state index contributed by atoms with van der Waals surface area (Å²) in [6.45, 7) is 5.97. The summed E-state index contributed by atoms with van der Waals surface area (Å²) in [6.07, 6.45) is 4.48. The fourth-order valence-corrected chi connectivity index (χ4v) is 2.31. The maximum absolute atomic E-state index is 12.1. The molecule has 1 fully saturated rings. The van der Waals surface area contributed by atoms with Crippen molar-refractivity contribution in [1.29, 1.82) is 0 Å². The molecule has 1 saturated heterocycles. The van der Waals surface area contributed by atoms with Crippen LogP contribution in [-0.2, 0) is 4.79 Å². The first kappa shape index (κ1) is 12.1. The number of hydrogen-bond donors (Lipinski definition) is 3. The summed E-state index contributed by atoms with van der Waals surface area (Å²) in [5, 5.41) is 13.0. The van der Waals surface area contributed by atoms with Crippen LogP contribution in [0.2, 0.25) is 0 Å². The molecule has 1 aromatic rings. The molecule has 0 saturated carbocycles. The van der Waals surface area contributed by atoms with E-state index in [0.717, 1.165) is 25.1 Å². The lowest BCUT2D eigenvalue weighted by Crippen LogP contribution is -2.43. The average Bonchev–Trinajstić information content (AvgIpc) is 2.82. The zero-order chi connectivity index (χ0) is 12.3. The molecule has 0 radical (unpaired) electrons. The van der Waals surface area contributed by atoms with Crippen molar-refractivity contribution in [2.24, 2.45) is 11.8 Å². The Morgan fingerprint density at radius 3 is 3.12 bits per heavy atom. The van der Waals surface area contributed by atoms with Gasteiger partial charge in [0.1, 0.15) is 0 Å². The fourth-order valence-electron chi connectivity index (χ4n) is 2.31. The van der Waals surface area contributed by atoms with E-state index in [4.69, 9.17) is 0 Å². The quantitative estimate of drug-likeness (QED) is 0.728. The minimum Gasteiger partial charge on any atom is -0.349 e. The van der Waals surface area contributed by atoms with Gasteiger partial charge in [-0.15, -0.1) is 0 Å². The number of carbonyl (C=O) groups is 1. The predicted octanol–water partition coefficient (Wildman–Crippen LogP) is 0.832. The molecule has 3 atom stereocenters. The maximum Gasteiger partial charge on any atom is 0.223 e. The predicted molar refractivity (Wildman–Crippen MR) is 65.3 cm³/mol. The number of amides is 1. The van der Waals surface area contributed by atoms with Gasteiger partial charge in [0, 0.05) is 17.7 Å². The van der Waals surface area contributed by atoms with Crippen LogP contribution < -0.4 is 10.6 Å². The molecule has 17 heavy (non-hydrogen) atoms. The lowest BCUT2D eigenvalue weighted by molar-refractivity contribution is -0.127. The van der Waals surface area contributed by atoms with E-state index in [9.17, 15) is 4.79 Å². The molecule has 2 heterocycles. The number of piperidine rings is 1. The molecule has 3 N–H and O–H groups in total. The van der Waals surface area contributed by atoms with Crippen LogP contribution in [0.1, 0.15) is 31.9 Å². The van der Waals surface area contributed by atoms with Crippen LogP contribution in [0.15, 0.2) is 12.4 Å². The van der Waals surface area contributed by atoms with E-state index in [1.807, 2.05) is 13.1 Å². The van der Waals surface area contributed by atoms with Crippen molar-refractivity contribution in [3.05, 3.63) is 18.0 Å². The summed E-state index contributed by atoms with van der Waals surface area (Å²) in [4.78, 5) is 12.1. The van der Waals surface area contributed by atoms with E-state index < -0.39 is 0 Å². The maximum atomic E-state index is 12.1. The van der Waals surface area contributed by atoms with Crippen LogP contribution in [0.3, 0.4) is 0 Å². The smallest absolute Gasteiger partial charge is 0.223 e. The number of H-pyrrole nitrogens is 1. The number of carbonyl (C=O) groups excluding carboxylic acids is 1. The monoisotopic (exact) mass is 236 g/mol. The van der Waals surface area contributed by atoms with Crippen LogP contribution in [-0.4, -0.2) is 29.2 Å². The summed E-state index contributed by atoms with van der Waals surface area (Å²) >= 11 is 0. The number of nitrogens with one attached hydrogen (secondary N) is 3. The molecule has 0 aromatic carbocycles. The summed E-state index contributed by atoms with van der Waals surface area (Å²) in [6, 6.07) is 0.0170. The Bertz CT molecular complexity index is 363. The van der Waals surface area contributed by atoms with Crippen molar-refractivity contribution in [2.75, 3.05) is 13.1 Å². The standard InChI is InChI=1S/C12H20N4O/c1-8-5-13-4-3-11(8)12(17)16-9(2)10-6-14-15-7-10/h6-9,11,13H,3-5H2,1-2H3,(H,14,15)(H,16,17). The number of aromatic amines is 1. The van der Waals surface area contributed by atoms with Crippen molar-refractivity contribution in [3.63, 3.8) is 0 Å². The van der Waals surface area contributed by atoms with Gasteiger partial charge in [0.05, 0.1) is 12.2 Å². The van der Waals surface area contributed by atoms with Gasteiger partial charge in [-0.25, -0.2) is 0 Å². The first-order valence-electron chi connectivity index (χ1n) is 6.18. The molecule has 5 nitrogen and oxygen atoms in total. The highest BCUT2D eigenvalue weighted by atomic mass is 16.2. The third kappa shape index (κ3) is 2.85. The Labute approximate surface area is 101 Å². The SMILES string of the molecule is CC(NC(=O)C1CCNCC1C)c1cn[nH]c1. The van der Waals surface area contributed by atoms with Gasteiger partial charge in [-0.05, 0) is 32.4 Å². The molecule has 2 rings (SSSR count). The Hall–Kier alpha value is -1.36. The van der Waals surface area contributed by atoms with Gasteiger partial charge < -0.3 is 10.6 Å². The topological polar surface area (TPSA) is 69.8 Å². The largest absolute Gasteiger partial charge is 0.349 e. The van der Waals surface area contributed by atoms with E-state index in [-0.39, 0.29) is 17.9 Å². The molecular weight excluding hydrogens is 216 g/mol. The molecule has 3 unspecified atom stereocenters. The zero-order valence-corrected chi connectivity index (χ0v) is 10.4. The number of aromatic nitrogens is 2. The summed E-state index contributed by atoms with van der Waals surface area (Å²) < 4.78 is 0. The molecule has 94 valence electrons. The van der Waals surface area contributed by atoms with Gasteiger partial charge in [-0.3, -0.25) is 9.89 Å². The van der Waals surface area contributed by atoms with Crippen molar-refractivity contribution >= 4 is 5.91 Å². The average molecular weight is 236 g/mol.